The summed E-state index contributed by atoms with van der Waals surface area (Å²) < 4.78 is 43.5. The number of hydrogen-bond acceptors (Lipinski definition) is 10. The van der Waals surface area contributed by atoms with Crippen LogP contribution >= 0.6 is 11.8 Å². The molecular weight excluding hydrogens is 466 g/mol. The fourth-order valence-electron chi connectivity index (χ4n) is 3.25. The molecule has 2 aromatic heterocycles. The molecule has 1 aliphatic heterocycles. The third-order valence-electron chi connectivity index (χ3n) is 4.91. The van der Waals surface area contributed by atoms with Gasteiger partial charge in [0.2, 0.25) is 27.6 Å². The molecule has 0 amide bonds. The monoisotopic (exact) mass is 485 g/mol. The predicted molar refractivity (Wildman–Crippen MR) is 119 cm³/mol. The number of aromatic nitrogens is 4. The highest BCUT2D eigenvalue weighted by molar-refractivity contribution is 7.98. The van der Waals surface area contributed by atoms with Gasteiger partial charge in [0.15, 0.2) is 0 Å². The lowest BCUT2D eigenvalue weighted by Gasteiger charge is -2.26. The van der Waals surface area contributed by atoms with Crippen LogP contribution in [0.25, 0.3) is 22.8 Å². The third-order valence-corrected chi connectivity index (χ3v) is 7.61. The molecule has 0 saturated carbocycles. The van der Waals surface area contributed by atoms with E-state index in [-0.39, 0.29) is 10.8 Å². The van der Waals surface area contributed by atoms with E-state index >= 15 is 0 Å². The summed E-state index contributed by atoms with van der Waals surface area (Å²) >= 11 is 1.25. The van der Waals surface area contributed by atoms with Gasteiger partial charge in [0.1, 0.15) is 0 Å². The topological polar surface area (TPSA) is 124 Å². The summed E-state index contributed by atoms with van der Waals surface area (Å²) in [7, 11) is -3.62. The Morgan fingerprint density at radius 3 is 2.58 bits per heavy atom. The maximum absolute atomic E-state index is 12.9. The Balaban J connectivity index is 1.27. The van der Waals surface area contributed by atoms with Crippen LogP contribution in [0.3, 0.4) is 0 Å². The minimum Gasteiger partial charge on any atom is -0.411 e. The van der Waals surface area contributed by atoms with Gasteiger partial charge in [0.05, 0.1) is 23.9 Å². The Kier molecular flexibility index (Phi) is 6.22. The molecule has 0 radical (unpaired) electrons. The molecule has 4 aromatic rings. The molecule has 12 heteroatoms. The molecule has 5 rings (SSSR count). The summed E-state index contributed by atoms with van der Waals surface area (Å²) in [4.78, 5) is 4.55. The average Bonchev–Trinajstić information content (AvgIpc) is 3.54. The maximum atomic E-state index is 12.9. The van der Waals surface area contributed by atoms with Gasteiger partial charge < -0.3 is 13.7 Å². The Morgan fingerprint density at radius 1 is 0.970 bits per heavy atom. The molecule has 10 nitrogen and oxygen atoms in total. The van der Waals surface area contributed by atoms with Crippen LogP contribution in [0.2, 0.25) is 0 Å². The number of thioether (sulfide) groups is 1. The van der Waals surface area contributed by atoms with Crippen LogP contribution in [0.1, 0.15) is 5.89 Å². The van der Waals surface area contributed by atoms with Crippen LogP contribution in [0.4, 0.5) is 0 Å². The second-order valence-corrected chi connectivity index (χ2v) is 9.95. The van der Waals surface area contributed by atoms with Crippen molar-refractivity contribution >= 4 is 21.8 Å². The van der Waals surface area contributed by atoms with Crippen molar-refractivity contribution in [2.24, 2.45) is 0 Å². The zero-order chi connectivity index (χ0) is 22.7. The number of sulfonamides is 1. The molecule has 0 aliphatic carbocycles. The highest BCUT2D eigenvalue weighted by atomic mass is 32.2. The fraction of sp³-hybridized carbons (Fsp3) is 0.238. The summed E-state index contributed by atoms with van der Waals surface area (Å²) in [6.07, 6.45) is 0. The normalized spacial score (nSPS) is 15.0. The van der Waals surface area contributed by atoms with Crippen molar-refractivity contribution in [3.63, 3.8) is 0 Å². The first-order valence-electron chi connectivity index (χ1n) is 10.1. The zero-order valence-electron chi connectivity index (χ0n) is 17.3. The van der Waals surface area contributed by atoms with Crippen LogP contribution in [0, 0.1) is 0 Å². The first-order chi connectivity index (χ1) is 16.1. The van der Waals surface area contributed by atoms with E-state index in [4.69, 9.17) is 13.7 Å². The second kappa shape index (κ2) is 9.43. The fourth-order valence-corrected chi connectivity index (χ4v) is 5.31. The standard InChI is InChI=1S/C21H19N5O5S2/c27-33(28,26-9-11-29-12-10-26)17-8-4-7-16(13-17)20-23-24-21(30-20)32-14-18-22-19(25-31-18)15-5-2-1-3-6-15/h1-8,13H,9-12,14H2. The third kappa shape index (κ3) is 4.83. The van der Waals surface area contributed by atoms with Crippen LogP contribution in [0.15, 0.2) is 73.7 Å². The Bertz CT molecular complexity index is 1330. The van der Waals surface area contributed by atoms with E-state index in [1.807, 2.05) is 30.3 Å². The Hall–Kier alpha value is -3.06. The first kappa shape index (κ1) is 21.8. The molecule has 170 valence electrons. The van der Waals surface area contributed by atoms with Crippen molar-refractivity contribution in [2.45, 2.75) is 15.9 Å². The average molecular weight is 486 g/mol. The van der Waals surface area contributed by atoms with E-state index in [1.165, 1.54) is 22.1 Å². The van der Waals surface area contributed by atoms with Gasteiger partial charge >= 0.3 is 0 Å². The van der Waals surface area contributed by atoms with Crippen LogP contribution in [-0.2, 0) is 20.5 Å². The van der Waals surface area contributed by atoms with Crippen molar-refractivity contribution in [3.05, 3.63) is 60.5 Å². The Morgan fingerprint density at radius 2 is 1.76 bits per heavy atom. The van der Waals surface area contributed by atoms with Gasteiger partial charge in [0, 0.05) is 24.2 Å². The minimum atomic E-state index is -3.62. The van der Waals surface area contributed by atoms with Gasteiger partial charge in [-0.15, -0.1) is 10.2 Å². The number of rotatable bonds is 7. The lowest BCUT2D eigenvalue weighted by molar-refractivity contribution is 0.0730. The number of hydrogen-bond donors (Lipinski definition) is 0. The van der Waals surface area contributed by atoms with Gasteiger partial charge in [-0.05, 0) is 18.2 Å². The van der Waals surface area contributed by atoms with Crippen molar-refractivity contribution in [3.8, 4) is 22.8 Å². The van der Waals surface area contributed by atoms with E-state index in [0.29, 0.717) is 54.6 Å². The van der Waals surface area contributed by atoms with Gasteiger partial charge in [0.25, 0.3) is 5.22 Å². The second-order valence-electron chi connectivity index (χ2n) is 7.08. The largest absolute Gasteiger partial charge is 0.411 e. The SMILES string of the molecule is O=S(=O)(c1cccc(-c2nnc(SCc3nc(-c4ccccc4)no3)o2)c1)N1CCOCC1. The number of nitrogens with zero attached hydrogens (tertiary/aromatic N) is 5. The van der Waals surface area contributed by atoms with Gasteiger partial charge in [-0.25, -0.2) is 8.42 Å². The lowest BCUT2D eigenvalue weighted by Crippen LogP contribution is -2.40. The number of benzene rings is 2. The van der Waals surface area contributed by atoms with E-state index in [2.05, 4.69) is 20.3 Å². The van der Waals surface area contributed by atoms with E-state index in [9.17, 15) is 8.42 Å². The molecule has 0 unspecified atom stereocenters. The van der Waals surface area contributed by atoms with Crippen LogP contribution in [0.5, 0.6) is 0 Å². The summed E-state index contributed by atoms with van der Waals surface area (Å²) in [6.45, 7) is 1.43. The molecule has 0 spiro atoms. The number of ether oxygens (including phenoxy) is 1. The Labute approximate surface area is 194 Å². The van der Waals surface area contributed by atoms with Crippen molar-refractivity contribution in [1.82, 2.24) is 24.6 Å². The summed E-state index contributed by atoms with van der Waals surface area (Å²) in [5.41, 5.74) is 1.39. The van der Waals surface area contributed by atoms with Crippen molar-refractivity contribution in [2.75, 3.05) is 26.3 Å². The smallest absolute Gasteiger partial charge is 0.277 e. The highest BCUT2D eigenvalue weighted by Gasteiger charge is 2.27. The van der Waals surface area contributed by atoms with Crippen molar-refractivity contribution < 1.29 is 22.1 Å². The summed E-state index contributed by atoms with van der Waals surface area (Å²) in [6, 6.07) is 16.0. The van der Waals surface area contributed by atoms with Gasteiger partial charge in [-0.2, -0.15) is 9.29 Å². The molecule has 0 atom stereocenters. The highest BCUT2D eigenvalue weighted by Crippen LogP contribution is 2.28. The molecule has 0 bridgehead atoms. The van der Waals surface area contributed by atoms with Crippen LogP contribution < -0.4 is 0 Å². The quantitative estimate of drug-likeness (QED) is 0.361. The molecule has 0 N–H and O–H groups in total. The van der Waals surface area contributed by atoms with Gasteiger partial charge in [-0.3, -0.25) is 0 Å². The first-order valence-corrected chi connectivity index (χ1v) is 12.5. The van der Waals surface area contributed by atoms with Crippen molar-refractivity contribution in [1.29, 1.82) is 0 Å². The molecule has 33 heavy (non-hydrogen) atoms. The van der Waals surface area contributed by atoms with E-state index < -0.39 is 10.0 Å². The lowest BCUT2D eigenvalue weighted by atomic mass is 10.2. The minimum absolute atomic E-state index is 0.175. The number of morpholine rings is 1. The summed E-state index contributed by atoms with van der Waals surface area (Å²) in [5, 5.41) is 12.4. The molecule has 2 aromatic carbocycles. The molecule has 1 saturated heterocycles. The van der Waals surface area contributed by atoms with E-state index in [0.717, 1.165) is 5.56 Å². The van der Waals surface area contributed by atoms with E-state index in [1.54, 1.807) is 18.2 Å². The zero-order valence-corrected chi connectivity index (χ0v) is 19.0. The van der Waals surface area contributed by atoms with Gasteiger partial charge in [-0.1, -0.05) is 53.3 Å². The van der Waals surface area contributed by atoms with Crippen LogP contribution in [-0.4, -0.2) is 59.4 Å². The summed E-state index contributed by atoms with van der Waals surface area (Å²) in [5.74, 6) is 1.52. The molecule has 1 aliphatic rings. The molecular formula is C21H19N5O5S2. The molecule has 3 heterocycles. The molecule has 1 fully saturated rings. The predicted octanol–water partition coefficient (Wildman–Crippen LogP) is 3.10. The maximum Gasteiger partial charge on any atom is 0.277 e.